The lowest BCUT2D eigenvalue weighted by molar-refractivity contribution is -0.779. The van der Waals surface area contributed by atoms with Crippen LogP contribution in [-0.4, -0.2) is 26.5 Å². The average molecular weight is 422 g/mol. The van der Waals surface area contributed by atoms with E-state index in [1.807, 2.05) is 56.3 Å². The van der Waals surface area contributed by atoms with E-state index in [9.17, 15) is 9.59 Å². The van der Waals surface area contributed by atoms with Gasteiger partial charge in [0.25, 0.3) is 11.8 Å². The molecule has 0 fully saturated rings. The van der Waals surface area contributed by atoms with Crippen LogP contribution >= 0.6 is 11.8 Å². The van der Waals surface area contributed by atoms with Crippen LogP contribution in [0.3, 0.4) is 0 Å². The number of carbonyl (C=O) groups is 1. The van der Waals surface area contributed by atoms with Gasteiger partial charge in [-0.2, -0.15) is 0 Å². The molecule has 1 amide bonds. The molecule has 0 radical (unpaired) electrons. The quantitative estimate of drug-likeness (QED) is 0.292. The zero-order chi connectivity index (χ0) is 21.1. The largest absolute Gasteiger partial charge is 0.302 e. The third-order valence-corrected chi connectivity index (χ3v) is 5.30. The van der Waals surface area contributed by atoms with Gasteiger partial charge in [-0.3, -0.25) is 24.0 Å². The minimum Gasteiger partial charge on any atom is -0.288 e. The fourth-order valence-electron chi connectivity index (χ4n) is 2.87. The summed E-state index contributed by atoms with van der Waals surface area (Å²) in [6.45, 7) is 3.91. The molecule has 0 aliphatic carbocycles. The summed E-state index contributed by atoms with van der Waals surface area (Å²) in [5, 5.41) is 7.49. The van der Waals surface area contributed by atoms with Crippen molar-refractivity contribution in [1.29, 1.82) is 0 Å². The van der Waals surface area contributed by atoms with E-state index in [1.165, 1.54) is 16.3 Å². The number of nitrogens with one attached hydrogen (secondary N) is 1. The van der Waals surface area contributed by atoms with Gasteiger partial charge in [-0.1, -0.05) is 42.1 Å². The average Bonchev–Trinajstić information content (AvgIpc) is 3.22. The van der Waals surface area contributed by atoms with E-state index in [2.05, 4.69) is 15.6 Å². The first-order valence-corrected chi connectivity index (χ1v) is 10.4. The van der Waals surface area contributed by atoms with Crippen LogP contribution < -0.4 is 15.6 Å². The molecule has 0 saturated heterocycles. The molecule has 2 aromatic carbocycles. The fourth-order valence-corrected chi connectivity index (χ4v) is 3.69. The van der Waals surface area contributed by atoms with Gasteiger partial charge in [0, 0.05) is 0 Å². The Morgan fingerprint density at radius 1 is 1.17 bits per heavy atom. The molecule has 0 aliphatic rings. The van der Waals surface area contributed by atoms with E-state index in [0.29, 0.717) is 21.7 Å². The predicted molar refractivity (Wildman–Crippen MR) is 114 cm³/mol. The van der Waals surface area contributed by atoms with Crippen molar-refractivity contribution in [2.24, 2.45) is 0 Å². The summed E-state index contributed by atoms with van der Waals surface area (Å²) in [6, 6.07) is 16.5. The predicted octanol–water partition coefficient (Wildman–Crippen LogP) is 2.97. The van der Waals surface area contributed by atoms with Gasteiger partial charge in [0.15, 0.2) is 11.2 Å². The molecule has 4 rings (SSSR count). The molecule has 4 aromatic rings. The van der Waals surface area contributed by atoms with Crippen molar-refractivity contribution in [3.63, 3.8) is 0 Å². The van der Waals surface area contributed by atoms with Crippen LogP contribution in [0, 0.1) is 0 Å². The molecular formula is C21H20N5O3S+. The summed E-state index contributed by atoms with van der Waals surface area (Å²) >= 11 is 1.18. The number of fused-ring (bicyclic) bond motifs is 1. The number of thioether (sulfide) groups is 1. The van der Waals surface area contributed by atoms with Gasteiger partial charge in [0.1, 0.15) is 0 Å². The van der Waals surface area contributed by atoms with Crippen LogP contribution in [0.15, 0.2) is 75.3 Å². The monoisotopic (exact) mass is 422 g/mol. The van der Waals surface area contributed by atoms with Crippen LogP contribution in [0.5, 0.6) is 0 Å². The third-order valence-electron chi connectivity index (χ3n) is 4.37. The fraction of sp³-hybridized carbons (Fsp3) is 0.190. The Morgan fingerprint density at radius 2 is 1.90 bits per heavy atom. The van der Waals surface area contributed by atoms with Crippen LogP contribution in [0.4, 0.5) is 5.88 Å². The van der Waals surface area contributed by atoms with Gasteiger partial charge in [-0.15, -0.1) is 0 Å². The van der Waals surface area contributed by atoms with E-state index in [4.69, 9.17) is 4.52 Å². The highest BCUT2D eigenvalue weighted by Crippen LogP contribution is 2.21. The number of aromatic nitrogens is 4. The van der Waals surface area contributed by atoms with Crippen molar-refractivity contribution in [3.05, 3.63) is 71.1 Å². The molecule has 0 unspecified atom stereocenters. The van der Waals surface area contributed by atoms with E-state index in [0.717, 1.165) is 0 Å². The van der Waals surface area contributed by atoms with Crippen molar-refractivity contribution in [2.45, 2.75) is 25.0 Å². The number of hydrogen-bond donors (Lipinski definition) is 1. The summed E-state index contributed by atoms with van der Waals surface area (Å²) in [5.74, 6) is 0.0373. The Hall–Kier alpha value is -3.46. The molecule has 0 spiro atoms. The molecule has 1 N–H and O–H groups in total. The second-order valence-electron chi connectivity index (χ2n) is 6.86. The second kappa shape index (κ2) is 8.50. The first-order valence-electron chi connectivity index (χ1n) is 9.41. The summed E-state index contributed by atoms with van der Waals surface area (Å²) in [4.78, 5) is 30.2. The maximum Gasteiger partial charge on any atom is 0.302 e. The van der Waals surface area contributed by atoms with E-state index in [-0.39, 0.29) is 29.1 Å². The molecular weight excluding hydrogens is 402 g/mol. The Balaban J connectivity index is 1.61. The van der Waals surface area contributed by atoms with Crippen LogP contribution in [0.1, 0.15) is 19.9 Å². The summed E-state index contributed by atoms with van der Waals surface area (Å²) < 4.78 is 8.26. The molecule has 152 valence electrons. The smallest absolute Gasteiger partial charge is 0.288 e. The van der Waals surface area contributed by atoms with E-state index >= 15 is 0 Å². The van der Waals surface area contributed by atoms with Gasteiger partial charge >= 0.3 is 5.88 Å². The number of rotatable bonds is 6. The number of hydrogen-bond acceptors (Lipinski definition) is 6. The number of benzene rings is 2. The van der Waals surface area contributed by atoms with Gasteiger partial charge < -0.3 is 0 Å². The van der Waals surface area contributed by atoms with Gasteiger partial charge in [0.2, 0.25) is 11.2 Å². The van der Waals surface area contributed by atoms with Gasteiger partial charge in [-0.05, 0) is 42.8 Å². The highest BCUT2D eigenvalue weighted by atomic mass is 32.2. The van der Waals surface area contributed by atoms with Crippen molar-refractivity contribution in [3.8, 4) is 5.69 Å². The van der Waals surface area contributed by atoms with Crippen LogP contribution in [-0.2, 0) is 4.79 Å². The lowest BCUT2D eigenvalue weighted by Gasteiger charge is -2.12. The summed E-state index contributed by atoms with van der Waals surface area (Å²) in [6.07, 6.45) is 1.63. The van der Waals surface area contributed by atoms with Crippen molar-refractivity contribution in [1.82, 2.24) is 14.8 Å². The van der Waals surface area contributed by atoms with Crippen molar-refractivity contribution < 1.29 is 14.0 Å². The molecule has 2 aromatic heterocycles. The molecule has 0 aliphatic heterocycles. The lowest BCUT2D eigenvalue weighted by Crippen LogP contribution is -2.36. The first kappa shape index (κ1) is 19.8. The zero-order valence-electron chi connectivity index (χ0n) is 16.5. The molecule has 30 heavy (non-hydrogen) atoms. The SMILES string of the molecule is CC(C)[n+]1cc(NC(=O)CSc2nc3ccccc3c(=O)n2-c2ccccc2)on1. The molecule has 9 heteroatoms. The maximum atomic E-state index is 13.1. The Bertz CT molecular complexity index is 1250. The van der Waals surface area contributed by atoms with E-state index < -0.39 is 0 Å². The van der Waals surface area contributed by atoms with Gasteiger partial charge in [0.05, 0.1) is 22.3 Å². The summed E-state index contributed by atoms with van der Waals surface area (Å²) in [7, 11) is 0. The van der Waals surface area contributed by atoms with Crippen molar-refractivity contribution >= 4 is 34.5 Å². The second-order valence-corrected chi connectivity index (χ2v) is 7.81. The highest BCUT2D eigenvalue weighted by molar-refractivity contribution is 7.99. The molecule has 8 nitrogen and oxygen atoms in total. The molecule has 0 atom stereocenters. The number of anilines is 1. The zero-order valence-corrected chi connectivity index (χ0v) is 17.3. The minimum atomic E-state index is -0.283. The van der Waals surface area contributed by atoms with E-state index in [1.54, 1.807) is 23.0 Å². The maximum absolute atomic E-state index is 13.1. The standard InChI is InChI=1S/C21H19N5O3S/c1-14(2)25-12-19(29-24-25)23-18(27)13-30-21-22-17-11-7-6-10-16(17)20(28)26(21)15-8-4-3-5-9-15/h3-12,14H,13H2,1-2H3/p+1. The third kappa shape index (κ3) is 4.11. The number of carbonyl (C=O) groups excluding carboxylic acids is 1. The molecule has 0 saturated carbocycles. The van der Waals surface area contributed by atoms with Crippen LogP contribution in [0.2, 0.25) is 0 Å². The minimum absolute atomic E-state index is 0.0555. The number of nitrogens with zero attached hydrogens (tertiary/aromatic N) is 4. The highest BCUT2D eigenvalue weighted by Gasteiger charge is 2.18. The molecule has 0 bridgehead atoms. The Kier molecular flexibility index (Phi) is 5.62. The van der Waals surface area contributed by atoms with Gasteiger partial charge in [-0.25, -0.2) is 4.98 Å². The normalized spacial score (nSPS) is 11.2. The summed E-state index contributed by atoms with van der Waals surface area (Å²) in [5.41, 5.74) is 1.10. The number of amides is 1. The number of para-hydroxylation sites is 2. The van der Waals surface area contributed by atoms with Crippen LogP contribution in [0.25, 0.3) is 16.6 Å². The Labute approximate surface area is 176 Å². The van der Waals surface area contributed by atoms with Crippen molar-refractivity contribution in [2.75, 3.05) is 11.1 Å². The lowest BCUT2D eigenvalue weighted by atomic mass is 10.2. The Morgan fingerprint density at radius 3 is 2.63 bits per heavy atom. The topological polar surface area (TPSA) is 93.9 Å². The molecule has 2 heterocycles. The first-order chi connectivity index (χ1) is 14.5.